The molecule has 23 heavy (non-hydrogen) atoms. The van der Waals surface area contributed by atoms with E-state index in [4.69, 9.17) is 11.6 Å². The Labute approximate surface area is 139 Å². The van der Waals surface area contributed by atoms with Crippen LogP contribution in [0.5, 0.6) is 0 Å². The van der Waals surface area contributed by atoms with Crippen LogP contribution in [0.25, 0.3) is 0 Å². The fraction of sp³-hybridized carbons (Fsp3) is 0.0556. The second-order valence-corrected chi connectivity index (χ2v) is 5.42. The van der Waals surface area contributed by atoms with Gasteiger partial charge in [0, 0.05) is 17.7 Å². The van der Waals surface area contributed by atoms with Crippen LogP contribution in [-0.2, 0) is 6.42 Å². The molecule has 1 N–H and O–H groups in total. The highest BCUT2D eigenvalue weighted by Gasteiger charge is 2.12. The predicted molar refractivity (Wildman–Crippen MR) is 91.3 cm³/mol. The van der Waals surface area contributed by atoms with Gasteiger partial charge in [0.1, 0.15) is 11.6 Å². The van der Waals surface area contributed by atoms with Crippen molar-refractivity contribution < 1.29 is 0 Å². The minimum absolute atomic E-state index is 0.403. The Morgan fingerprint density at radius 1 is 1.13 bits per heavy atom. The number of hydrogen-bond donors (Lipinski definition) is 1. The van der Waals surface area contributed by atoms with E-state index in [1.165, 1.54) is 0 Å². The van der Waals surface area contributed by atoms with Crippen molar-refractivity contribution in [3.8, 4) is 6.07 Å². The lowest BCUT2D eigenvalue weighted by atomic mass is 10.1. The quantitative estimate of drug-likeness (QED) is 0.729. The lowest BCUT2D eigenvalue weighted by molar-refractivity contribution is 0.993. The van der Waals surface area contributed by atoms with Gasteiger partial charge in [0.2, 0.25) is 0 Å². The first-order valence-electron chi connectivity index (χ1n) is 7.07. The van der Waals surface area contributed by atoms with E-state index in [1.807, 2.05) is 54.6 Å². The number of hydrogen-bond acceptors (Lipinski definition) is 3. The van der Waals surface area contributed by atoms with Crippen LogP contribution in [0.3, 0.4) is 0 Å². The van der Waals surface area contributed by atoms with E-state index in [-0.39, 0.29) is 0 Å². The molecule has 0 spiro atoms. The molecule has 0 fully saturated rings. The first-order chi connectivity index (χ1) is 11.3. The largest absolute Gasteiger partial charge is 0.279 e. The number of aliphatic imine (C=N–C) groups is 1. The highest BCUT2D eigenvalue weighted by molar-refractivity contribution is 6.30. The summed E-state index contributed by atoms with van der Waals surface area (Å²) >= 11 is 5.89. The third kappa shape index (κ3) is 3.65. The molecule has 5 heteroatoms. The van der Waals surface area contributed by atoms with Gasteiger partial charge in [-0.05, 0) is 23.3 Å². The number of rotatable bonds is 4. The Balaban J connectivity index is 1.84. The second-order valence-electron chi connectivity index (χ2n) is 4.98. The van der Waals surface area contributed by atoms with Crippen LogP contribution in [0.1, 0.15) is 22.4 Å². The molecule has 0 bridgehead atoms. The molecule has 0 aliphatic carbocycles. The molecule has 0 atom stereocenters. The number of nitriles is 1. The molecule has 0 saturated carbocycles. The molecule has 0 aliphatic rings. The maximum absolute atomic E-state index is 9.40. The van der Waals surface area contributed by atoms with Gasteiger partial charge in [0.15, 0.2) is 5.82 Å². The Morgan fingerprint density at radius 2 is 1.87 bits per heavy atom. The molecule has 1 heterocycles. The summed E-state index contributed by atoms with van der Waals surface area (Å²) in [5.41, 5.74) is 3.22. The van der Waals surface area contributed by atoms with Crippen LogP contribution < -0.4 is 0 Å². The molecule has 4 nitrogen and oxygen atoms in total. The molecular weight excluding hydrogens is 308 g/mol. The first kappa shape index (κ1) is 15.0. The SMILES string of the molecule is N#Cc1c(N=Cc2ccccc2)n[nH]c1Cc1ccc(Cl)cc1. The van der Waals surface area contributed by atoms with Crippen LogP contribution >= 0.6 is 11.6 Å². The van der Waals surface area contributed by atoms with E-state index in [9.17, 15) is 5.26 Å². The molecule has 0 unspecified atom stereocenters. The summed E-state index contributed by atoms with van der Waals surface area (Å²) in [4.78, 5) is 4.31. The van der Waals surface area contributed by atoms with Gasteiger partial charge in [-0.25, -0.2) is 4.99 Å². The van der Waals surface area contributed by atoms with Gasteiger partial charge >= 0.3 is 0 Å². The average Bonchev–Trinajstić information content (AvgIpc) is 2.97. The summed E-state index contributed by atoms with van der Waals surface area (Å²) in [6, 6.07) is 19.4. The summed E-state index contributed by atoms with van der Waals surface area (Å²) < 4.78 is 0. The second kappa shape index (κ2) is 6.91. The predicted octanol–water partition coefficient (Wildman–Crippen LogP) is 4.28. The third-order valence-corrected chi connectivity index (χ3v) is 3.62. The van der Waals surface area contributed by atoms with E-state index in [1.54, 1.807) is 6.21 Å². The van der Waals surface area contributed by atoms with Gasteiger partial charge in [0.25, 0.3) is 0 Å². The molecule has 2 aromatic carbocycles. The van der Waals surface area contributed by atoms with Gasteiger partial charge in [0.05, 0.1) is 5.69 Å². The molecule has 3 rings (SSSR count). The van der Waals surface area contributed by atoms with E-state index < -0.39 is 0 Å². The standard InChI is InChI=1S/C18H13ClN4/c19-15-8-6-13(7-9-15)10-17-16(11-20)18(23-22-17)21-12-14-4-2-1-3-5-14/h1-9,12H,10H2,(H,22,23). The van der Waals surface area contributed by atoms with E-state index in [0.29, 0.717) is 22.8 Å². The van der Waals surface area contributed by atoms with Gasteiger partial charge in [-0.15, -0.1) is 0 Å². The van der Waals surface area contributed by atoms with Crippen molar-refractivity contribution in [2.24, 2.45) is 4.99 Å². The molecule has 0 aliphatic heterocycles. The fourth-order valence-corrected chi connectivity index (χ4v) is 2.31. The van der Waals surface area contributed by atoms with Gasteiger partial charge in [-0.2, -0.15) is 10.4 Å². The van der Waals surface area contributed by atoms with Gasteiger partial charge in [-0.3, -0.25) is 5.10 Å². The number of nitrogens with one attached hydrogen (secondary N) is 1. The minimum Gasteiger partial charge on any atom is -0.279 e. The summed E-state index contributed by atoms with van der Waals surface area (Å²) in [5, 5.41) is 17.1. The zero-order valence-corrected chi connectivity index (χ0v) is 13.0. The van der Waals surface area contributed by atoms with Crippen LogP contribution in [0.15, 0.2) is 59.6 Å². The number of aromatic nitrogens is 2. The number of benzene rings is 2. The summed E-state index contributed by atoms with van der Waals surface area (Å²) in [7, 11) is 0. The van der Waals surface area contributed by atoms with Crippen molar-refractivity contribution >= 4 is 23.6 Å². The third-order valence-electron chi connectivity index (χ3n) is 3.36. The Bertz CT molecular complexity index is 858. The Hall–Kier alpha value is -2.90. The average molecular weight is 321 g/mol. The topological polar surface area (TPSA) is 64.8 Å². The van der Waals surface area contributed by atoms with Crippen molar-refractivity contribution in [3.05, 3.63) is 82.0 Å². The van der Waals surface area contributed by atoms with Crippen LogP contribution in [0.4, 0.5) is 5.82 Å². The summed E-state index contributed by atoms with van der Waals surface area (Å²) in [6.07, 6.45) is 2.27. The first-order valence-corrected chi connectivity index (χ1v) is 7.45. The zero-order valence-electron chi connectivity index (χ0n) is 12.2. The molecule has 1 aromatic heterocycles. The number of nitrogens with zero attached hydrogens (tertiary/aromatic N) is 3. The van der Waals surface area contributed by atoms with Crippen LogP contribution in [-0.4, -0.2) is 16.4 Å². The van der Waals surface area contributed by atoms with Crippen LogP contribution in [0.2, 0.25) is 5.02 Å². The lowest BCUT2D eigenvalue weighted by Crippen LogP contribution is -1.91. The van der Waals surface area contributed by atoms with Crippen molar-refractivity contribution in [1.29, 1.82) is 5.26 Å². The molecule has 0 amide bonds. The highest BCUT2D eigenvalue weighted by Crippen LogP contribution is 2.21. The molecule has 3 aromatic rings. The monoisotopic (exact) mass is 320 g/mol. The van der Waals surface area contributed by atoms with Gasteiger partial charge in [-0.1, -0.05) is 54.1 Å². The van der Waals surface area contributed by atoms with Crippen molar-refractivity contribution in [1.82, 2.24) is 10.2 Å². The van der Waals surface area contributed by atoms with E-state index in [2.05, 4.69) is 21.3 Å². The number of halogens is 1. The maximum Gasteiger partial charge on any atom is 0.191 e. The normalized spacial score (nSPS) is 10.8. The van der Waals surface area contributed by atoms with E-state index >= 15 is 0 Å². The smallest absolute Gasteiger partial charge is 0.191 e. The molecule has 0 radical (unpaired) electrons. The summed E-state index contributed by atoms with van der Waals surface area (Å²) in [5.74, 6) is 0.403. The molecular formula is C18H13ClN4. The maximum atomic E-state index is 9.40. The number of H-pyrrole nitrogens is 1. The van der Waals surface area contributed by atoms with Gasteiger partial charge < -0.3 is 0 Å². The summed E-state index contributed by atoms with van der Waals surface area (Å²) in [6.45, 7) is 0. The fourth-order valence-electron chi connectivity index (χ4n) is 2.19. The van der Waals surface area contributed by atoms with E-state index in [0.717, 1.165) is 16.8 Å². The molecule has 0 saturated heterocycles. The van der Waals surface area contributed by atoms with Crippen molar-refractivity contribution in [3.63, 3.8) is 0 Å². The van der Waals surface area contributed by atoms with Crippen molar-refractivity contribution in [2.45, 2.75) is 6.42 Å². The van der Waals surface area contributed by atoms with Crippen LogP contribution in [0, 0.1) is 11.3 Å². The van der Waals surface area contributed by atoms with Crippen molar-refractivity contribution in [2.75, 3.05) is 0 Å². The Kier molecular flexibility index (Phi) is 4.51. The Morgan fingerprint density at radius 3 is 2.57 bits per heavy atom. The molecule has 112 valence electrons. The zero-order chi connectivity index (χ0) is 16.1. The highest BCUT2D eigenvalue weighted by atomic mass is 35.5. The minimum atomic E-state index is 0.403. The number of aromatic amines is 1. The lowest BCUT2D eigenvalue weighted by Gasteiger charge is -1.99.